The zero-order chi connectivity index (χ0) is 30.9. The van der Waals surface area contributed by atoms with Gasteiger partial charge < -0.3 is 4.74 Å². The third kappa shape index (κ3) is 4.05. The second-order valence-electron chi connectivity index (χ2n) is 12.0. The fourth-order valence-electron chi connectivity index (χ4n) is 7.03. The number of fused-ring (bicyclic) bond motifs is 1. The third-order valence-electron chi connectivity index (χ3n) is 9.29. The first-order valence-corrected chi connectivity index (χ1v) is 15.8. The van der Waals surface area contributed by atoms with Crippen LogP contribution < -0.4 is 4.74 Å². The highest BCUT2D eigenvalue weighted by molar-refractivity contribution is 6.26. The average Bonchev–Trinajstić information content (AvgIpc) is 3.15. The second-order valence-corrected chi connectivity index (χ2v) is 12.0. The quantitative estimate of drug-likeness (QED) is 0.189. The predicted molar refractivity (Wildman–Crippen MR) is 192 cm³/mol. The molecular weight excluding hydrogens is 574 g/mol. The molecule has 0 aliphatic carbocycles. The van der Waals surface area contributed by atoms with Crippen molar-refractivity contribution in [3.05, 3.63) is 152 Å². The van der Waals surface area contributed by atoms with E-state index in [0.29, 0.717) is 17.5 Å². The van der Waals surface area contributed by atoms with Crippen molar-refractivity contribution < 1.29 is 4.74 Å². The molecule has 4 nitrogen and oxygen atoms in total. The topological polar surface area (TPSA) is 47.9 Å². The van der Waals surface area contributed by atoms with Crippen LogP contribution in [0.25, 0.3) is 88.4 Å². The highest BCUT2D eigenvalue weighted by Gasteiger charge is 2.24. The van der Waals surface area contributed by atoms with Crippen molar-refractivity contribution in [1.29, 1.82) is 0 Å². The Balaban J connectivity index is 1.23. The predicted octanol–water partition coefficient (Wildman–Crippen LogP) is 11.3. The van der Waals surface area contributed by atoms with Crippen LogP contribution >= 0.6 is 0 Å². The van der Waals surface area contributed by atoms with Crippen molar-refractivity contribution in [3.63, 3.8) is 0 Å². The van der Waals surface area contributed by atoms with Gasteiger partial charge in [0.2, 0.25) is 0 Å². The Labute approximate surface area is 270 Å². The molecule has 1 aromatic heterocycles. The minimum Gasteiger partial charge on any atom is -0.455 e. The summed E-state index contributed by atoms with van der Waals surface area (Å²) in [5.74, 6) is 3.44. The van der Waals surface area contributed by atoms with Crippen molar-refractivity contribution in [2.75, 3.05) is 0 Å². The van der Waals surface area contributed by atoms with Crippen LogP contribution in [-0.2, 0) is 0 Å². The molecule has 2 heterocycles. The van der Waals surface area contributed by atoms with E-state index < -0.39 is 0 Å². The number of ether oxygens (including phenoxy) is 1. The van der Waals surface area contributed by atoms with E-state index in [0.717, 1.165) is 66.1 Å². The summed E-state index contributed by atoms with van der Waals surface area (Å²) < 4.78 is 6.80. The molecule has 1 aliphatic heterocycles. The van der Waals surface area contributed by atoms with Gasteiger partial charge in [0, 0.05) is 27.3 Å². The zero-order valence-corrected chi connectivity index (χ0v) is 25.2. The van der Waals surface area contributed by atoms with Gasteiger partial charge in [0.05, 0.1) is 5.56 Å². The zero-order valence-electron chi connectivity index (χ0n) is 25.2. The van der Waals surface area contributed by atoms with Gasteiger partial charge in [0.25, 0.3) is 0 Å². The van der Waals surface area contributed by atoms with E-state index in [1.165, 1.54) is 16.3 Å². The van der Waals surface area contributed by atoms with Gasteiger partial charge in [-0.05, 0) is 50.2 Å². The van der Waals surface area contributed by atoms with Crippen molar-refractivity contribution in [1.82, 2.24) is 15.0 Å². The number of benzene rings is 8. The van der Waals surface area contributed by atoms with Gasteiger partial charge in [0.15, 0.2) is 17.5 Å². The van der Waals surface area contributed by atoms with E-state index in [4.69, 9.17) is 19.7 Å². The molecule has 0 saturated heterocycles. The molecule has 1 aliphatic rings. The molecule has 4 heteroatoms. The number of hydrogen-bond acceptors (Lipinski definition) is 4. The molecule has 0 spiro atoms. The van der Waals surface area contributed by atoms with Gasteiger partial charge in [-0.15, -0.1) is 0 Å². The lowest BCUT2D eigenvalue weighted by molar-refractivity contribution is 0.494. The molecule has 0 saturated carbocycles. The number of aromatic nitrogens is 3. The van der Waals surface area contributed by atoms with Crippen LogP contribution in [0.3, 0.4) is 0 Å². The summed E-state index contributed by atoms with van der Waals surface area (Å²) in [6.07, 6.45) is 0. The molecule has 10 rings (SSSR count). The molecule has 9 aromatic rings. The summed E-state index contributed by atoms with van der Waals surface area (Å²) in [6.45, 7) is 0. The Kier molecular flexibility index (Phi) is 5.54. The van der Waals surface area contributed by atoms with Crippen LogP contribution in [0.2, 0.25) is 0 Å². The van der Waals surface area contributed by atoms with Crippen LogP contribution in [0.15, 0.2) is 152 Å². The van der Waals surface area contributed by atoms with Crippen LogP contribution in [0.1, 0.15) is 0 Å². The summed E-state index contributed by atoms with van der Waals surface area (Å²) in [6, 6.07) is 52.7. The van der Waals surface area contributed by atoms with Crippen LogP contribution in [0, 0.1) is 0 Å². The van der Waals surface area contributed by atoms with Gasteiger partial charge in [-0.2, -0.15) is 0 Å². The Morgan fingerprint density at radius 2 is 0.915 bits per heavy atom. The molecule has 0 amide bonds. The molecule has 47 heavy (non-hydrogen) atoms. The highest BCUT2D eigenvalue weighted by Crippen LogP contribution is 2.50. The van der Waals surface area contributed by atoms with Gasteiger partial charge in [-0.3, -0.25) is 0 Å². The summed E-state index contributed by atoms with van der Waals surface area (Å²) >= 11 is 0. The van der Waals surface area contributed by atoms with Crippen LogP contribution in [-0.4, -0.2) is 15.0 Å². The molecule has 0 radical (unpaired) electrons. The Hall–Kier alpha value is -6.39. The SMILES string of the molecule is c1ccc(-c2ccc(-c3nc(-c4ccc5ccc6ccc7cccc8c7c6c5c4O8)nc(-c4cccc5ccccc45)n3)cc2)cc1. The van der Waals surface area contributed by atoms with Crippen LogP contribution in [0.5, 0.6) is 11.5 Å². The molecule has 8 aromatic carbocycles. The first-order chi connectivity index (χ1) is 23.3. The lowest BCUT2D eigenvalue weighted by Gasteiger charge is -2.22. The molecule has 218 valence electrons. The van der Waals surface area contributed by atoms with Gasteiger partial charge in [0.1, 0.15) is 11.5 Å². The van der Waals surface area contributed by atoms with Crippen molar-refractivity contribution >= 4 is 43.1 Å². The standard InChI is InChI=1S/C43H25N3O/c1-2-8-26(9-3-1)27-16-22-32(23-17-27)41-44-42(34-14-6-11-28-10-4-5-13-33(28)34)46-43(45-41)35-25-24-31-21-20-30-19-18-29-12-7-15-36-37(29)38(30)39(31)40(35)47-36/h1-25H. The van der Waals surface area contributed by atoms with E-state index in [1.807, 2.05) is 6.07 Å². The van der Waals surface area contributed by atoms with Gasteiger partial charge >= 0.3 is 0 Å². The largest absolute Gasteiger partial charge is 0.455 e. The maximum atomic E-state index is 6.80. The summed E-state index contributed by atoms with van der Waals surface area (Å²) in [7, 11) is 0. The summed E-state index contributed by atoms with van der Waals surface area (Å²) in [4.78, 5) is 15.4. The van der Waals surface area contributed by atoms with Crippen LogP contribution in [0.4, 0.5) is 0 Å². The minimum absolute atomic E-state index is 0.575. The molecule has 0 unspecified atom stereocenters. The van der Waals surface area contributed by atoms with E-state index in [1.54, 1.807) is 0 Å². The fourth-order valence-corrected chi connectivity index (χ4v) is 7.03. The maximum Gasteiger partial charge on any atom is 0.167 e. The molecular formula is C43H25N3O. The molecule has 0 N–H and O–H groups in total. The lowest BCUT2D eigenvalue weighted by Crippen LogP contribution is -2.03. The average molecular weight is 600 g/mol. The number of rotatable bonds is 4. The Bertz CT molecular complexity index is 2690. The third-order valence-corrected chi connectivity index (χ3v) is 9.29. The van der Waals surface area contributed by atoms with E-state index in [9.17, 15) is 0 Å². The first kappa shape index (κ1) is 25.9. The van der Waals surface area contributed by atoms with Gasteiger partial charge in [-0.25, -0.2) is 15.0 Å². The normalized spacial score (nSPS) is 12.0. The first-order valence-electron chi connectivity index (χ1n) is 15.8. The van der Waals surface area contributed by atoms with E-state index in [-0.39, 0.29) is 0 Å². The Morgan fingerprint density at radius 1 is 0.340 bits per heavy atom. The van der Waals surface area contributed by atoms with Crippen molar-refractivity contribution in [2.24, 2.45) is 0 Å². The number of hydrogen-bond donors (Lipinski definition) is 0. The van der Waals surface area contributed by atoms with Crippen molar-refractivity contribution in [2.45, 2.75) is 0 Å². The fraction of sp³-hybridized carbons (Fsp3) is 0. The monoisotopic (exact) mass is 599 g/mol. The lowest BCUT2D eigenvalue weighted by atomic mass is 9.92. The second kappa shape index (κ2) is 10.1. The minimum atomic E-state index is 0.575. The van der Waals surface area contributed by atoms with E-state index in [2.05, 4.69) is 146 Å². The maximum absolute atomic E-state index is 6.80. The summed E-state index contributed by atoms with van der Waals surface area (Å²) in [5, 5.41) is 9.14. The molecule has 0 bridgehead atoms. The highest BCUT2D eigenvalue weighted by atomic mass is 16.5. The van der Waals surface area contributed by atoms with E-state index >= 15 is 0 Å². The van der Waals surface area contributed by atoms with Crippen molar-refractivity contribution in [3.8, 4) is 56.8 Å². The Morgan fingerprint density at radius 3 is 1.74 bits per heavy atom. The summed E-state index contributed by atoms with van der Waals surface area (Å²) in [5.41, 5.74) is 5.02. The molecule has 0 fully saturated rings. The smallest absolute Gasteiger partial charge is 0.167 e. The number of nitrogens with zero attached hydrogens (tertiary/aromatic N) is 3. The molecule has 0 atom stereocenters. The van der Waals surface area contributed by atoms with Gasteiger partial charge in [-0.1, -0.05) is 140 Å².